The fourth-order valence-electron chi connectivity index (χ4n) is 2.02. The molecule has 4 atom stereocenters. The average Bonchev–Trinajstić information content (AvgIpc) is 2.39. The molecule has 0 saturated carbocycles. The highest BCUT2D eigenvalue weighted by Gasteiger charge is 2.27. The molecular formula is C17H34N2O5. The van der Waals surface area contributed by atoms with Gasteiger partial charge in [0.2, 0.25) is 0 Å². The average molecular weight is 346 g/mol. The van der Waals surface area contributed by atoms with Gasteiger partial charge in [-0.2, -0.15) is 0 Å². The zero-order chi connectivity index (χ0) is 19.1. The molecule has 7 nitrogen and oxygen atoms in total. The minimum absolute atomic E-state index is 0.0385. The number of ketones is 1. The summed E-state index contributed by atoms with van der Waals surface area (Å²) < 4.78 is 5.15. The first kappa shape index (κ1) is 22.8. The highest BCUT2D eigenvalue weighted by Crippen LogP contribution is 2.14. The summed E-state index contributed by atoms with van der Waals surface area (Å²) in [7, 11) is 0. The molecule has 0 spiro atoms. The van der Waals surface area contributed by atoms with Crippen molar-refractivity contribution in [3.63, 3.8) is 0 Å². The Morgan fingerprint density at radius 1 is 1.12 bits per heavy atom. The Morgan fingerprint density at radius 2 is 1.67 bits per heavy atom. The van der Waals surface area contributed by atoms with Crippen LogP contribution >= 0.6 is 0 Å². The number of rotatable bonds is 9. The number of amides is 1. The quantitative estimate of drug-likeness (QED) is 0.470. The van der Waals surface area contributed by atoms with E-state index in [9.17, 15) is 19.8 Å². The van der Waals surface area contributed by atoms with E-state index >= 15 is 0 Å². The molecule has 0 aromatic carbocycles. The van der Waals surface area contributed by atoms with Crippen molar-refractivity contribution in [2.75, 3.05) is 6.54 Å². The third kappa shape index (κ3) is 9.85. The van der Waals surface area contributed by atoms with Crippen LogP contribution in [-0.2, 0) is 9.53 Å². The number of aliphatic hydroxyl groups excluding tert-OH is 2. The predicted octanol–water partition coefficient (Wildman–Crippen LogP) is 1.42. The number of aliphatic hydroxyl groups is 2. The number of carbonyl (C=O) groups excluding carboxylic acids is 2. The Morgan fingerprint density at radius 3 is 2.08 bits per heavy atom. The number of nitrogens with one attached hydrogen (secondary N) is 2. The van der Waals surface area contributed by atoms with E-state index in [1.54, 1.807) is 20.8 Å². The van der Waals surface area contributed by atoms with Gasteiger partial charge >= 0.3 is 6.09 Å². The van der Waals surface area contributed by atoms with E-state index in [4.69, 9.17) is 4.74 Å². The van der Waals surface area contributed by atoms with E-state index in [1.165, 1.54) is 6.92 Å². The van der Waals surface area contributed by atoms with Crippen LogP contribution in [0.25, 0.3) is 0 Å². The van der Waals surface area contributed by atoms with E-state index in [2.05, 4.69) is 10.6 Å². The first-order valence-corrected chi connectivity index (χ1v) is 8.42. The van der Waals surface area contributed by atoms with Crippen molar-refractivity contribution >= 4 is 11.9 Å². The maximum atomic E-state index is 11.9. The smallest absolute Gasteiger partial charge is 0.408 e. The Labute approximate surface area is 145 Å². The van der Waals surface area contributed by atoms with Gasteiger partial charge in [0.05, 0.1) is 12.1 Å². The van der Waals surface area contributed by atoms with Crippen LogP contribution in [0.5, 0.6) is 0 Å². The van der Waals surface area contributed by atoms with Crippen LogP contribution < -0.4 is 10.6 Å². The van der Waals surface area contributed by atoms with Crippen LogP contribution in [0, 0.1) is 11.8 Å². The standard InChI is InChI=1S/C17H34N2O5/c1-10(2)12(4)14(21)9-18-15(22)13(8-11(3)20)19-16(23)24-17(5,6)7/h10,12-15,18,21-22H,8-9H2,1-7H3,(H,19,23)/t12-,13-,14?,15+/m0/s1. The molecule has 1 unspecified atom stereocenters. The number of Topliss-reactive ketones (excluding diaryl/α,β-unsaturated/α-hetero) is 1. The number of ether oxygens (including phenoxy) is 1. The fraction of sp³-hybridized carbons (Fsp3) is 0.882. The lowest BCUT2D eigenvalue weighted by Crippen LogP contribution is -2.53. The molecule has 0 fully saturated rings. The SMILES string of the molecule is CC(=O)C[C@H](NC(=O)OC(C)(C)C)[C@@H](O)NCC(O)[C@@H](C)C(C)C. The lowest BCUT2D eigenvalue weighted by molar-refractivity contribution is -0.118. The van der Waals surface area contributed by atoms with Crippen LogP contribution in [0.3, 0.4) is 0 Å². The molecule has 7 heteroatoms. The Hall–Kier alpha value is -1.18. The molecule has 1 amide bonds. The third-order valence-corrected chi connectivity index (χ3v) is 3.79. The molecular weight excluding hydrogens is 312 g/mol. The summed E-state index contributed by atoms with van der Waals surface area (Å²) in [6.45, 7) is 12.7. The van der Waals surface area contributed by atoms with Crippen molar-refractivity contribution in [2.45, 2.75) is 78.9 Å². The molecule has 0 aromatic heterocycles. The summed E-state index contributed by atoms with van der Waals surface area (Å²) in [4.78, 5) is 23.2. The Balaban J connectivity index is 4.68. The topological polar surface area (TPSA) is 108 Å². The molecule has 0 aliphatic heterocycles. The summed E-state index contributed by atoms with van der Waals surface area (Å²) >= 11 is 0. The molecule has 4 N–H and O–H groups in total. The van der Waals surface area contributed by atoms with Gasteiger partial charge in [0, 0.05) is 13.0 Å². The van der Waals surface area contributed by atoms with Gasteiger partial charge in [0.15, 0.2) is 0 Å². The molecule has 0 aromatic rings. The minimum Gasteiger partial charge on any atom is -0.444 e. The summed E-state index contributed by atoms with van der Waals surface area (Å²) in [5, 5.41) is 25.6. The minimum atomic E-state index is -1.17. The van der Waals surface area contributed by atoms with Crippen molar-refractivity contribution < 1.29 is 24.5 Å². The van der Waals surface area contributed by atoms with E-state index in [0.29, 0.717) is 5.92 Å². The van der Waals surface area contributed by atoms with Gasteiger partial charge in [-0.1, -0.05) is 20.8 Å². The van der Waals surface area contributed by atoms with Gasteiger partial charge in [0.25, 0.3) is 0 Å². The molecule has 0 rings (SSSR count). The summed E-state index contributed by atoms with van der Waals surface area (Å²) in [6, 6.07) is -0.834. The van der Waals surface area contributed by atoms with Gasteiger partial charge in [-0.3, -0.25) is 10.1 Å². The van der Waals surface area contributed by atoms with Crippen molar-refractivity contribution in [2.24, 2.45) is 11.8 Å². The van der Waals surface area contributed by atoms with Crippen LogP contribution in [0.4, 0.5) is 4.79 Å². The number of hydrogen-bond donors (Lipinski definition) is 4. The fourth-order valence-corrected chi connectivity index (χ4v) is 2.02. The zero-order valence-corrected chi connectivity index (χ0v) is 15.9. The first-order valence-electron chi connectivity index (χ1n) is 8.42. The predicted molar refractivity (Wildman–Crippen MR) is 92.5 cm³/mol. The second-order valence-corrected chi connectivity index (χ2v) is 7.68. The van der Waals surface area contributed by atoms with Crippen LogP contribution in [-0.4, -0.2) is 52.6 Å². The second kappa shape index (κ2) is 9.96. The maximum Gasteiger partial charge on any atom is 0.408 e. The highest BCUT2D eigenvalue weighted by molar-refractivity contribution is 5.77. The van der Waals surface area contributed by atoms with Crippen molar-refractivity contribution in [3.8, 4) is 0 Å². The van der Waals surface area contributed by atoms with Crippen molar-refractivity contribution in [1.82, 2.24) is 10.6 Å². The van der Waals surface area contributed by atoms with Gasteiger partial charge in [-0.25, -0.2) is 4.79 Å². The molecule has 24 heavy (non-hydrogen) atoms. The molecule has 0 aliphatic carbocycles. The summed E-state index contributed by atoms with van der Waals surface area (Å²) in [5.41, 5.74) is -0.674. The monoisotopic (exact) mass is 346 g/mol. The van der Waals surface area contributed by atoms with Crippen molar-refractivity contribution in [3.05, 3.63) is 0 Å². The number of alkyl carbamates (subject to hydrolysis) is 1. The zero-order valence-electron chi connectivity index (χ0n) is 15.9. The van der Waals surface area contributed by atoms with E-state index in [0.717, 1.165) is 0 Å². The third-order valence-electron chi connectivity index (χ3n) is 3.79. The lowest BCUT2D eigenvalue weighted by Gasteiger charge is -2.28. The van der Waals surface area contributed by atoms with Gasteiger partial charge < -0.3 is 20.3 Å². The molecule has 142 valence electrons. The van der Waals surface area contributed by atoms with Gasteiger partial charge in [0.1, 0.15) is 17.6 Å². The first-order chi connectivity index (χ1) is 10.8. The summed E-state index contributed by atoms with van der Waals surface area (Å²) in [6.07, 6.45) is -2.55. The normalized spacial score (nSPS) is 17.1. The molecule has 0 bridgehead atoms. The van der Waals surface area contributed by atoms with Crippen LogP contribution in [0.1, 0.15) is 54.9 Å². The Bertz CT molecular complexity index is 406. The second-order valence-electron chi connectivity index (χ2n) is 7.68. The van der Waals surface area contributed by atoms with Crippen LogP contribution in [0.2, 0.25) is 0 Å². The van der Waals surface area contributed by atoms with Gasteiger partial charge in [-0.05, 0) is 39.5 Å². The van der Waals surface area contributed by atoms with E-state index in [-0.39, 0.29) is 24.7 Å². The molecule has 0 aliphatic rings. The van der Waals surface area contributed by atoms with Crippen LogP contribution in [0.15, 0.2) is 0 Å². The highest BCUT2D eigenvalue weighted by atomic mass is 16.6. The molecule has 0 heterocycles. The van der Waals surface area contributed by atoms with Crippen molar-refractivity contribution in [1.29, 1.82) is 0 Å². The number of hydrogen-bond acceptors (Lipinski definition) is 6. The van der Waals surface area contributed by atoms with Gasteiger partial charge in [-0.15, -0.1) is 0 Å². The lowest BCUT2D eigenvalue weighted by atomic mass is 9.92. The summed E-state index contributed by atoms with van der Waals surface area (Å²) in [5.74, 6) is 0.176. The number of carbonyl (C=O) groups is 2. The van der Waals surface area contributed by atoms with E-state index in [1.807, 2.05) is 20.8 Å². The Kier molecular flexibility index (Phi) is 9.47. The largest absolute Gasteiger partial charge is 0.444 e. The molecule has 0 radical (unpaired) electrons. The van der Waals surface area contributed by atoms with E-state index < -0.39 is 30.1 Å². The maximum absolute atomic E-state index is 11.9. The molecule has 0 saturated heterocycles.